The van der Waals surface area contributed by atoms with Gasteiger partial charge in [0, 0.05) is 10.9 Å². The van der Waals surface area contributed by atoms with Crippen molar-refractivity contribution in [3.05, 3.63) is 52.8 Å². The molecule has 5 nitrogen and oxygen atoms in total. The highest BCUT2D eigenvalue weighted by molar-refractivity contribution is 5.95. The third-order valence-electron chi connectivity index (χ3n) is 3.34. The third kappa shape index (κ3) is 2.23. The molecule has 2 aromatic carbocycles. The van der Waals surface area contributed by atoms with Crippen molar-refractivity contribution in [1.82, 2.24) is 10.2 Å². The minimum absolute atomic E-state index is 0.259. The number of ether oxygens (including phenoxy) is 2. The maximum atomic E-state index is 12.0. The van der Waals surface area contributed by atoms with Crippen molar-refractivity contribution < 1.29 is 9.47 Å². The van der Waals surface area contributed by atoms with Crippen LogP contribution in [0, 0.1) is 0 Å². The van der Waals surface area contributed by atoms with Gasteiger partial charge in [0.15, 0.2) is 11.5 Å². The van der Waals surface area contributed by atoms with E-state index in [4.69, 9.17) is 9.47 Å². The number of nitrogens with zero attached hydrogens (tertiary/aromatic N) is 1. The lowest BCUT2D eigenvalue weighted by atomic mass is 10.0. The topological polar surface area (TPSA) is 64.2 Å². The second-order valence-corrected chi connectivity index (χ2v) is 4.52. The van der Waals surface area contributed by atoms with Gasteiger partial charge in [-0.1, -0.05) is 30.3 Å². The van der Waals surface area contributed by atoms with Gasteiger partial charge in [-0.25, -0.2) is 5.10 Å². The van der Waals surface area contributed by atoms with Gasteiger partial charge in [-0.15, -0.1) is 0 Å². The number of aromatic nitrogens is 2. The molecule has 0 atom stereocenters. The lowest BCUT2D eigenvalue weighted by Crippen LogP contribution is -2.10. The molecule has 106 valence electrons. The van der Waals surface area contributed by atoms with Crippen molar-refractivity contribution in [2.75, 3.05) is 14.2 Å². The van der Waals surface area contributed by atoms with E-state index in [0.717, 1.165) is 10.9 Å². The van der Waals surface area contributed by atoms with E-state index in [1.54, 1.807) is 19.2 Å². The Balaban J connectivity index is 2.37. The predicted molar refractivity (Wildman–Crippen MR) is 80.9 cm³/mol. The monoisotopic (exact) mass is 282 g/mol. The molecule has 1 heterocycles. The fourth-order valence-electron chi connectivity index (χ4n) is 2.31. The molecule has 0 unspecified atom stereocenters. The van der Waals surface area contributed by atoms with Gasteiger partial charge in [0.25, 0.3) is 5.56 Å². The Morgan fingerprint density at radius 1 is 0.952 bits per heavy atom. The summed E-state index contributed by atoms with van der Waals surface area (Å²) in [6.45, 7) is 0. The fourth-order valence-corrected chi connectivity index (χ4v) is 2.31. The zero-order valence-corrected chi connectivity index (χ0v) is 11.7. The maximum Gasteiger partial charge on any atom is 0.272 e. The molecule has 0 fully saturated rings. The van der Waals surface area contributed by atoms with Gasteiger partial charge in [-0.05, 0) is 12.1 Å². The summed E-state index contributed by atoms with van der Waals surface area (Å²) in [6.07, 6.45) is 0. The quantitative estimate of drug-likeness (QED) is 0.802. The average Bonchev–Trinajstić information content (AvgIpc) is 2.55. The summed E-state index contributed by atoms with van der Waals surface area (Å²) in [6, 6.07) is 13.1. The second-order valence-electron chi connectivity index (χ2n) is 4.52. The molecule has 0 spiro atoms. The van der Waals surface area contributed by atoms with Gasteiger partial charge in [0.2, 0.25) is 0 Å². The SMILES string of the molecule is COc1cc2c(-c3ccccc3)n[nH]c(=O)c2cc1OC. The van der Waals surface area contributed by atoms with Gasteiger partial charge in [-0.2, -0.15) is 5.10 Å². The van der Waals surface area contributed by atoms with Crippen LogP contribution in [-0.2, 0) is 0 Å². The zero-order valence-electron chi connectivity index (χ0n) is 11.7. The summed E-state index contributed by atoms with van der Waals surface area (Å²) in [5, 5.41) is 7.94. The molecule has 1 aromatic heterocycles. The van der Waals surface area contributed by atoms with E-state index in [9.17, 15) is 4.79 Å². The molecule has 0 saturated heterocycles. The largest absolute Gasteiger partial charge is 0.493 e. The normalized spacial score (nSPS) is 10.6. The van der Waals surface area contributed by atoms with Crippen molar-refractivity contribution >= 4 is 10.8 Å². The summed E-state index contributed by atoms with van der Waals surface area (Å²) >= 11 is 0. The van der Waals surface area contributed by atoms with E-state index in [1.807, 2.05) is 30.3 Å². The highest BCUT2D eigenvalue weighted by atomic mass is 16.5. The van der Waals surface area contributed by atoms with E-state index in [-0.39, 0.29) is 5.56 Å². The van der Waals surface area contributed by atoms with Gasteiger partial charge < -0.3 is 9.47 Å². The number of H-pyrrole nitrogens is 1. The predicted octanol–water partition coefficient (Wildman–Crippen LogP) is 2.61. The molecule has 3 aromatic rings. The number of fused-ring (bicyclic) bond motifs is 1. The number of hydrogen-bond acceptors (Lipinski definition) is 4. The molecule has 5 heteroatoms. The van der Waals surface area contributed by atoms with Crippen LogP contribution in [0.5, 0.6) is 11.5 Å². The zero-order chi connectivity index (χ0) is 14.8. The van der Waals surface area contributed by atoms with Crippen LogP contribution in [0.25, 0.3) is 22.0 Å². The Kier molecular flexibility index (Phi) is 3.31. The summed E-state index contributed by atoms with van der Waals surface area (Å²) in [4.78, 5) is 12.0. The van der Waals surface area contributed by atoms with Gasteiger partial charge in [-0.3, -0.25) is 4.79 Å². The first kappa shape index (κ1) is 13.2. The van der Waals surface area contributed by atoms with Crippen molar-refractivity contribution in [2.24, 2.45) is 0 Å². The van der Waals surface area contributed by atoms with Crippen molar-refractivity contribution in [3.63, 3.8) is 0 Å². The van der Waals surface area contributed by atoms with Crippen LogP contribution in [0.4, 0.5) is 0 Å². The van der Waals surface area contributed by atoms with Crippen molar-refractivity contribution in [1.29, 1.82) is 0 Å². The Bertz CT molecular complexity index is 841. The lowest BCUT2D eigenvalue weighted by molar-refractivity contribution is 0.356. The number of aromatic amines is 1. The Labute approximate surface area is 121 Å². The molecule has 0 aliphatic rings. The number of rotatable bonds is 3. The Morgan fingerprint density at radius 2 is 1.57 bits per heavy atom. The van der Waals surface area contributed by atoms with Crippen LogP contribution >= 0.6 is 0 Å². The molecule has 0 aliphatic carbocycles. The fraction of sp³-hybridized carbons (Fsp3) is 0.125. The average molecular weight is 282 g/mol. The summed E-state index contributed by atoms with van der Waals surface area (Å²) < 4.78 is 10.6. The van der Waals surface area contributed by atoms with Crippen LogP contribution in [0.2, 0.25) is 0 Å². The smallest absolute Gasteiger partial charge is 0.272 e. The summed E-state index contributed by atoms with van der Waals surface area (Å²) in [7, 11) is 3.10. The Hall–Kier alpha value is -2.82. The van der Waals surface area contributed by atoms with Crippen LogP contribution in [0.15, 0.2) is 47.3 Å². The molecule has 3 rings (SSSR count). The maximum absolute atomic E-state index is 12.0. The molecule has 0 aliphatic heterocycles. The first-order valence-electron chi connectivity index (χ1n) is 6.44. The number of methoxy groups -OCH3 is 2. The second kappa shape index (κ2) is 5.28. The molecule has 0 radical (unpaired) electrons. The highest BCUT2D eigenvalue weighted by Gasteiger charge is 2.13. The molecule has 21 heavy (non-hydrogen) atoms. The van der Waals surface area contributed by atoms with Crippen LogP contribution in [0.1, 0.15) is 0 Å². The molecule has 0 amide bonds. The molecular formula is C16H14N2O3. The van der Waals surface area contributed by atoms with Gasteiger partial charge >= 0.3 is 0 Å². The molecule has 0 bridgehead atoms. The molecule has 1 N–H and O–H groups in total. The standard InChI is InChI=1S/C16H14N2O3/c1-20-13-8-11-12(9-14(13)21-2)16(19)18-17-15(11)10-6-4-3-5-7-10/h3-9H,1-2H3,(H,18,19). The van der Waals surface area contributed by atoms with Crippen LogP contribution < -0.4 is 15.0 Å². The number of hydrogen-bond donors (Lipinski definition) is 1. The van der Waals surface area contributed by atoms with Gasteiger partial charge in [0.05, 0.1) is 25.3 Å². The number of benzene rings is 2. The minimum atomic E-state index is -0.259. The highest BCUT2D eigenvalue weighted by Crippen LogP contribution is 2.34. The van der Waals surface area contributed by atoms with E-state index in [2.05, 4.69) is 10.2 Å². The van der Waals surface area contributed by atoms with E-state index >= 15 is 0 Å². The van der Waals surface area contributed by atoms with E-state index < -0.39 is 0 Å². The lowest BCUT2D eigenvalue weighted by Gasteiger charge is -2.11. The van der Waals surface area contributed by atoms with Crippen molar-refractivity contribution in [3.8, 4) is 22.8 Å². The van der Waals surface area contributed by atoms with Crippen LogP contribution in [0.3, 0.4) is 0 Å². The third-order valence-corrected chi connectivity index (χ3v) is 3.34. The molecular weight excluding hydrogens is 268 g/mol. The first-order chi connectivity index (χ1) is 10.2. The van der Waals surface area contributed by atoms with Gasteiger partial charge in [0.1, 0.15) is 0 Å². The number of nitrogens with one attached hydrogen (secondary N) is 1. The minimum Gasteiger partial charge on any atom is -0.493 e. The van der Waals surface area contributed by atoms with Crippen LogP contribution in [-0.4, -0.2) is 24.4 Å². The summed E-state index contributed by atoms with van der Waals surface area (Å²) in [5.41, 5.74) is 1.36. The Morgan fingerprint density at radius 3 is 2.19 bits per heavy atom. The summed E-state index contributed by atoms with van der Waals surface area (Å²) in [5.74, 6) is 1.08. The molecule has 0 saturated carbocycles. The van der Waals surface area contributed by atoms with E-state index in [1.165, 1.54) is 7.11 Å². The van der Waals surface area contributed by atoms with Crippen molar-refractivity contribution in [2.45, 2.75) is 0 Å². The van der Waals surface area contributed by atoms with E-state index in [0.29, 0.717) is 22.6 Å². The first-order valence-corrected chi connectivity index (χ1v) is 6.44.